The number of anilines is 2. The number of hydrogen-bond acceptors (Lipinski definition) is 4. The van der Waals surface area contributed by atoms with E-state index >= 15 is 0 Å². The lowest BCUT2D eigenvalue weighted by Crippen LogP contribution is -2.48. The molecular weight excluding hydrogens is 428 g/mol. The van der Waals surface area contributed by atoms with Crippen molar-refractivity contribution in [2.75, 3.05) is 42.9 Å². The molecule has 3 amide bonds. The average molecular weight is 457 g/mol. The number of amides is 3. The minimum Gasteiger partial charge on any atom is -0.368 e. The Labute approximate surface area is 199 Å². The van der Waals surface area contributed by atoms with Gasteiger partial charge in [0.2, 0.25) is 5.91 Å². The van der Waals surface area contributed by atoms with Crippen molar-refractivity contribution in [3.05, 3.63) is 96.1 Å². The summed E-state index contributed by atoms with van der Waals surface area (Å²) in [6.07, 6.45) is 0.108. The molecule has 2 N–H and O–H groups in total. The zero-order valence-electron chi connectivity index (χ0n) is 18.9. The van der Waals surface area contributed by atoms with Gasteiger partial charge in [-0.2, -0.15) is 0 Å². The summed E-state index contributed by atoms with van der Waals surface area (Å²) in [6, 6.07) is 26.1. The molecule has 0 saturated carbocycles. The van der Waals surface area contributed by atoms with E-state index in [1.165, 1.54) is 0 Å². The van der Waals surface area contributed by atoms with Crippen LogP contribution in [0, 0.1) is 0 Å². The molecule has 0 spiro atoms. The van der Waals surface area contributed by atoms with Gasteiger partial charge < -0.3 is 20.4 Å². The Balaban J connectivity index is 1.30. The van der Waals surface area contributed by atoms with Crippen LogP contribution in [0.3, 0.4) is 0 Å². The second-order valence-electron chi connectivity index (χ2n) is 8.08. The number of nitrogens with one attached hydrogen (secondary N) is 2. The smallest absolute Gasteiger partial charge is 0.256 e. The molecule has 0 radical (unpaired) electrons. The van der Waals surface area contributed by atoms with Crippen LogP contribution in [0.25, 0.3) is 0 Å². The highest BCUT2D eigenvalue weighted by Gasteiger charge is 2.24. The van der Waals surface area contributed by atoms with Crippen LogP contribution >= 0.6 is 0 Å². The number of rotatable bonds is 7. The molecule has 174 valence electrons. The predicted octanol–water partition coefficient (Wildman–Crippen LogP) is 3.41. The summed E-state index contributed by atoms with van der Waals surface area (Å²) >= 11 is 0. The summed E-state index contributed by atoms with van der Waals surface area (Å²) in [5, 5.41) is 5.57. The number of nitrogens with zero attached hydrogens (tertiary/aromatic N) is 2. The highest BCUT2D eigenvalue weighted by molar-refractivity contribution is 6.04. The predicted molar refractivity (Wildman–Crippen MR) is 133 cm³/mol. The van der Waals surface area contributed by atoms with Crippen molar-refractivity contribution in [2.24, 2.45) is 0 Å². The highest BCUT2D eigenvalue weighted by atomic mass is 16.2. The van der Waals surface area contributed by atoms with Crippen molar-refractivity contribution < 1.29 is 14.4 Å². The molecule has 0 aliphatic carbocycles. The molecule has 1 saturated heterocycles. The Kier molecular flexibility index (Phi) is 7.55. The first kappa shape index (κ1) is 23.0. The maximum absolute atomic E-state index is 13.2. The maximum atomic E-state index is 13.2. The first-order valence-electron chi connectivity index (χ1n) is 11.4. The molecule has 3 aromatic rings. The normalized spacial score (nSPS) is 13.3. The molecule has 34 heavy (non-hydrogen) atoms. The fourth-order valence-corrected chi connectivity index (χ4v) is 3.95. The van der Waals surface area contributed by atoms with E-state index in [-0.39, 0.29) is 30.7 Å². The van der Waals surface area contributed by atoms with E-state index in [2.05, 4.69) is 27.7 Å². The number of piperazine rings is 1. The third-order valence-electron chi connectivity index (χ3n) is 5.79. The van der Waals surface area contributed by atoms with E-state index in [0.29, 0.717) is 29.9 Å². The zero-order valence-corrected chi connectivity index (χ0v) is 18.9. The van der Waals surface area contributed by atoms with Gasteiger partial charge in [-0.15, -0.1) is 0 Å². The van der Waals surface area contributed by atoms with Crippen LogP contribution in [-0.4, -0.2) is 55.3 Å². The number of carbonyl (C=O) groups excluding carboxylic acids is 3. The molecular formula is C27H28N4O3. The fraction of sp³-hybridized carbons (Fsp3) is 0.222. The zero-order chi connectivity index (χ0) is 23.8. The molecule has 1 heterocycles. The summed E-state index contributed by atoms with van der Waals surface area (Å²) in [5.41, 5.74) is 2.66. The molecule has 1 aliphatic heterocycles. The van der Waals surface area contributed by atoms with Gasteiger partial charge in [-0.3, -0.25) is 14.4 Å². The van der Waals surface area contributed by atoms with Crippen LogP contribution in [0.4, 0.5) is 11.4 Å². The molecule has 0 unspecified atom stereocenters. The Hall–Kier alpha value is -4.13. The van der Waals surface area contributed by atoms with Crippen LogP contribution in [0.5, 0.6) is 0 Å². The number of carbonyl (C=O) groups is 3. The van der Waals surface area contributed by atoms with E-state index < -0.39 is 0 Å². The first-order chi connectivity index (χ1) is 16.6. The van der Waals surface area contributed by atoms with Gasteiger partial charge in [0.15, 0.2) is 0 Å². The summed E-state index contributed by atoms with van der Waals surface area (Å²) in [5.74, 6) is -0.581. The van der Waals surface area contributed by atoms with Crippen molar-refractivity contribution in [1.29, 1.82) is 0 Å². The monoisotopic (exact) mass is 456 g/mol. The Morgan fingerprint density at radius 1 is 0.735 bits per heavy atom. The lowest BCUT2D eigenvalue weighted by Gasteiger charge is -2.36. The molecule has 0 aromatic heterocycles. The van der Waals surface area contributed by atoms with Crippen LogP contribution in [-0.2, 0) is 4.79 Å². The summed E-state index contributed by atoms with van der Waals surface area (Å²) in [4.78, 5) is 41.9. The summed E-state index contributed by atoms with van der Waals surface area (Å²) < 4.78 is 0. The number of hydrogen-bond donors (Lipinski definition) is 2. The van der Waals surface area contributed by atoms with Crippen LogP contribution in [0.15, 0.2) is 84.9 Å². The Bertz CT molecular complexity index is 1130. The minimum absolute atomic E-state index is 0.0963. The lowest BCUT2D eigenvalue weighted by atomic mass is 10.1. The quantitative estimate of drug-likeness (QED) is 0.571. The van der Waals surface area contributed by atoms with Crippen molar-refractivity contribution in [3.63, 3.8) is 0 Å². The topological polar surface area (TPSA) is 81.8 Å². The average Bonchev–Trinajstić information content (AvgIpc) is 2.89. The van der Waals surface area contributed by atoms with Crippen LogP contribution < -0.4 is 15.5 Å². The second kappa shape index (κ2) is 11.1. The van der Waals surface area contributed by atoms with E-state index in [0.717, 1.165) is 18.8 Å². The summed E-state index contributed by atoms with van der Waals surface area (Å²) in [7, 11) is 0. The van der Waals surface area contributed by atoms with Gasteiger partial charge in [-0.1, -0.05) is 48.5 Å². The SMILES string of the molecule is O=C(CCNC(=O)c1ccccc1)Nc1ccccc1C(=O)N1CCN(c2ccccc2)CC1. The van der Waals surface area contributed by atoms with Gasteiger partial charge in [0.05, 0.1) is 11.3 Å². The van der Waals surface area contributed by atoms with E-state index in [9.17, 15) is 14.4 Å². The van der Waals surface area contributed by atoms with Gasteiger partial charge in [-0.25, -0.2) is 0 Å². The van der Waals surface area contributed by atoms with Gasteiger partial charge in [0.25, 0.3) is 11.8 Å². The van der Waals surface area contributed by atoms with Gasteiger partial charge >= 0.3 is 0 Å². The standard InChI is InChI=1S/C27H28N4O3/c32-25(15-16-28-26(33)21-9-3-1-4-10-21)29-24-14-8-7-13-23(24)27(34)31-19-17-30(18-20-31)22-11-5-2-6-12-22/h1-14H,15-20H2,(H,28,33)(H,29,32). The Morgan fingerprint density at radius 3 is 2.06 bits per heavy atom. The van der Waals surface area contributed by atoms with Gasteiger partial charge in [0, 0.05) is 50.4 Å². The van der Waals surface area contributed by atoms with E-state index in [4.69, 9.17) is 0 Å². The molecule has 7 heteroatoms. The number of para-hydroxylation sites is 2. The van der Waals surface area contributed by atoms with Crippen LogP contribution in [0.1, 0.15) is 27.1 Å². The first-order valence-corrected chi connectivity index (χ1v) is 11.4. The van der Waals surface area contributed by atoms with Crippen LogP contribution in [0.2, 0.25) is 0 Å². The largest absolute Gasteiger partial charge is 0.368 e. The highest BCUT2D eigenvalue weighted by Crippen LogP contribution is 2.20. The fourth-order valence-electron chi connectivity index (χ4n) is 3.95. The lowest BCUT2D eigenvalue weighted by molar-refractivity contribution is -0.116. The van der Waals surface area contributed by atoms with Crippen molar-refractivity contribution in [1.82, 2.24) is 10.2 Å². The van der Waals surface area contributed by atoms with E-state index in [1.54, 1.807) is 48.5 Å². The Morgan fingerprint density at radius 2 is 1.35 bits per heavy atom. The number of benzene rings is 3. The van der Waals surface area contributed by atoms with Gasteiger partial charge in [0.1, 0.15) is 0 Å². The molecule has 4 rings (SSSR count). The maximum Gasteiger partial charge on any atom is 0.256 e. The molecule has 0 atom stereocenters. The molecule has 0 bridgehead atoms. The van der Waals surface area contributed by atoms with E-state index in [1.807, 2.05) is 29.2 Å². The van der Waals surface area contributed by atoms with Crippen molar-refractivity contribution in [2.45, 2.75) is 6.42 Å². The third kappa shape index (κ3) is 5.81. The molecule has 3 aromatic carbocycles. The van der Waals surface area contributed by atoms with Crippen molar-refractivity contribution in [3.8, 4) is 0 Å². The molecule has 1 fully saturated rings. The molecule has 1 aliphatic rings. The van der Waals surface area contributed by atoms with Gasteiger partial charge in [-0.05, 0) is 36.4 Å². The second-order valence-corrected chi connectivity index (χ2v) is 8.08. The minimum atomic E-state index is -0.262. The summed E-state index contributed by atoms with van der Waals surface area (Å²) in [6.45, 7) is 2.94. The van der Waals surface area contributed by atoms with Crippen molar-refractivity contribution >= 4 is 29.1 Å². The molecule has 7 nitrogen and oxygen atoms in total. The third-order valence-corrected chi connectivity index (χ3v) is 5.79.